The Balaban J connectivity index is 2.60. The van der Waals surface area contributed by atoms with Crippen LogP contribution in [0.5, 0.6) is 0 Å². The van der Waals surface area contributed by atoms with Gasteiger partial charge in [-0.25, -0.2) is 0 Å². The molecule has 4 heteroatoms. The molecule has 1 heterocycles. The van der Waals surface area contributed by atoms with Crippen molar-refractivity contribution in [2.45, 2.75) is 13.8 Å². The van der Waals surface area contributed by atoms with Crippen molar-refractivity contribution in [3.63, 3.8) is 0 Å². The van der Waals surface area contributed by atoms with Crippen LogP contribution in [0, 0.1) is 12.8 Å². The number of aryl methyl sites for hydroxylation is 1. The van der Waals surface area contributed by atoms with Crippen LogP contribution in [0.2, 0.25) is 0 Å². The first-order chi connectivity index (χ1) is 6.63. The third kappa shape index (κ3) is 3.00. The number of nitrogens with one attached hydrogen (secondary N) is 1. The predicted molar refractivity (Wildman–Crippen MR) is 57.5 cm³/mol. The first kappa shape index (κ1) is 11.0. The van der Waals surface area contributed by atoms with Crippen molar-refractivity contribution in [2.24, 2.45) is 5.92 Å². The summed E-state index contributed by atoms with van der Waals surface area (Å²) in [6.07, 6.45) is 1.63. The molecule has 0 aliphatic heterocycles. The van der Waals surface area contributed by atoms with E-state index in [-0.39, 0.29) is 11.8 Å². The second-order valence-corrected chi connectivity index (χ2v) is 3.54. The zero-order valence-electron chi connectivity index (χ0n) is 8.25. The van der Waals surface area contributed by atoms with Crippen molar-refractivity contribution in [3.05, 3.63) is 24.0 Å². The maximum absolute atomic E-state index is 11.4. The molecule has 1 N–H and O–H groups in total. The number of alkyl halides is 1. The Kier molecular flexibility index (Phi) is 3.89. The summed E-state index contributed by atoms with van der Waals surface area (Å²) >= 11 is 5.56. The van der Waals surface area contributed by atoms with Crippen LogP contribution in [0.25, 0.3) is 0 Å². The van der Waals surface area contributed by atoms with Crippen LogP contribution in [0.3, 0.4) is 0 Å². The number of nitrogens with zero attached hydrogens (tertiary/aromatic N) is 1. The standard InChI is InChI=1S/C10H13ClN2O/c1-7(5-11)10(14)13-9-4-3-8(2)12-6-9/h3-4,6-7H,5H2,1-2H3,(H,13,14). The van der Waals surface area contributed by atoms with Crippen molar-refractivity contribution in [2.75, 3.05) is 11.2 Å². The summed E-state index contributed by atoms with van der Waals surface area (Å²) in [6.45, 7) is 3.68. The molecule has 0 saturated heterocycles. The molecule has 76 valence electrons. The topological polar surface area (TPSA) is 42.0 Å². The summed E-state index contributed by atoms with van der Waals surface area (Å²) in [5.74, 6) is 0.0640. The number of carbonyl (C=O) groups is 1. The lowest BCUT2D eigenvalue weighted by molar-refractivity contribution is -0.118. The van der Waals surface area contributed by atoms with Gasteiger partial charge in [-0.2, -0.15) is 0 Å². The molecule has 14 heavy (non-hydrogen) atoms. The summed E-state index contributed by atoms with van der Waals surface area (Å²) in [5.41, 5.74) is 1.63. The maximum atomic E-state index is 11.4. The molecule has 0 aromatic carbocycles. The number of anilines is 1. The van der Waals surface area contributed by atoms with Crippen molar-refractivity contribution in [3.8, 4) is 0 Å². The predicted octanol–water partition coefficient (Wildman–Crippen LogP) is 2.20. The zero-order valence-corrected chi connectivity index (χ0v) is 9.01. The van der Waals surface area contributed by atoms with Gasteiger partial charge in [0.15, 0.2) is 0 Å². The molecule has 1 unspecified atom stereocenters. The molecule has 0 spiro atoms. The van der Waals surface area contributed by atoms with E-state index in [1.165, 1.54) is 0 Å². The van der Waals surface area contributed by atoms with Gasteiger partial charge < -0.3 is 5.32 Å². The molecular formula is C10H13ClN2O. The van der Waals surface area contributed by atoms with Crippen LogP contribution < -0.4 is 5.32 Å². The Bertz CT molecular complexity index is 310. The zero-order chi connectivity index (χ0) is 10.6. The molecule has 1 rings (SSSR count). The average Bonchev–Trinajstić information content (AvgIpc) is 2.20. The average molecular weight is 213 g/mol. The van der Waals surface area contributed by atoms with E-state index < -0.39 is 0 Å². The highest BCUT2D eigenvalue weighted by Crippen LogP contribution is 2.08. The highest BCUT2D eigenvalue weighted by atomic mass is 35.5. The van der Waals surface area contributed by atoms with Crippen molar-refractivity contribution in [1.29, 1.82) is 0 Å². The Morgan fingerprint density at radius 3 is 2.86 bits per heavy atom. The minimum absolute atomic E-state index is 0.0781. The lowest BCUT2D eigenvalue weighted by Gasteiger charge is -2.08. The van der Waals surface area contributed by atoms with E-state index in [4.69, 9.17) is 11.6 Å². The lowest BCUT2D eigenvalue weighted by Crippen LogP contribution is -2.21. The lowest BCUT2D eigenvalue weighted by atomic mass is 10.2. The fraction of sp³-hybridized carbons (Fsp3) is 0.400. The first-order valence-corrected chi connectivity index (χ1v) is 4.96. The second kappa shape index (κ2) is 4.96. The smallest absolute Gasteiger partial charge is 0.228 e. The molecule has 0 aliphatic rings. The number of hydrogen-bond donors (Lipinski definition) is 1. The Morgan fingerprint density at radius 1 is 1.64 bits per heavy atom. The Labute approximate surface area is 88.5 Å². The fourth-order valence-corrected chi connectivity index (χ4v) is 1.02. The van der Waals surface area contributed by atoms with Crippen LogP contribution in [0.15, 0.2) is 18.3 Å². The van der Waals surface area contributed by atoms with Crippen LogP contribution in [0.4, 0.5) is 5.69 Å². The van der Waals surface area contributed by atoms with Gasteiger partial charge in [0.1, 0.15) is 0 Å². The van der Waals surface area contributed by atoms with Gasteiger partial charge in [-0.15, -0.1) is 11.6 Å². The van der Waals surface area contributed by atoms with Gasteiger partial charge in [0.25, 0.3) is 0 Å². The van der Waals surface area contributed by atoms with Crippen LogP contribution in [-0.2, 0) is 4.79 Å². The quantitative estimate of drug-likeness (QED) is 0.781. The Morgan fingerprint density at radius 2 is 2.36 bits per heavy atom. The van der Waals surface area contributed by atoms with E-state index in [9.17, 15) is 4.79 Å². The normalized spacial score (nSPS) is 12.2. The molecule has 3 nitrogen and oxygen atoms in total. The molecule has 0 aliphatic carbocycles. The highest BCUT2D eigenvalue weighted by Gasteiger charge is 2.11. The SMILES string of the molecule is Cc1ccc(NC(=O)C(C)CCl)cn1. The molecule has 0 bridgehead atoms. The maximum Gasteiger partial charge on any atom is 0.228 e. The molecule has 1 aromatic heterocycles. The van der Waals surface area contributed by atoms with Crippen molar-refractivity contribution in [1.82, 2.24) is 4.98 Å². The second-order valence-electron chi connectivity index (χ2n) is 3.23. The van der Waals surface area contributed by atoms with Crippen molar-refractivity contribution >= 4 is 23.2 Å². The highest BCUT2D eigenvalue weighted by molar-refractivity contribution is 6.19. The summed E-state index contributed by atoms with van der Waals surface area (Å²) in [7, 11) is 0. The van der Waals surface area contributed by atoms with Crippen LogP contribution >= 0.6 is 11.6 Å². The third-order valence-electron chi connectivity index (χ3n) is 1.86. The van der Waals surface area contributed by atoms with Gasteiger partial charge in [-0.3, -0.25) is 9.78 Å². The summed E-state index contributed by atoms with van der Waals surface area (Å²) in [5, 5.41) is 2.73. The molecule has 0 saturated carbocycles. The van der Waals surface area contributed by atoms with Gasteiger partial charge in [0.05, 0.1) is 11.9 Å². The number of pyridine rings is 1. The fourth-order valence-electron chi connectivity index (χ4n) is 0.877. The van der Waals surface area contributed by atoms with Gasteiger partial charge in [-0.05, 0) is 19.1 Å². The number of hydrogen-bond acceptors (Lipinski definition) is 2. The first-order valence-electron chi connectivity index (χ1n) is 4.43. The molecule has 1 aromatic rings. The third-order valence-corrected chi connectivity index (χ3v) is 2.32. The largest absolute Gasteiger partial charge is 0.324 e. The van der Waals surface area contributed by atoms with E-state index in [2.05, 4.69) is 10.3 Å². The van der Waals surface area contributed by atoms with Crippen LogP contribution in [-0.4, -0.2) is 16.8 Å². The van der Waals surface area contributed by atoms with E-state index >= 15 is 0 Å². The van der Waals surface area contributed by atoms with E-state index in [0.717, 1.165) is 5.69 Å². The van der Waals surface area contributed by atoms with Gasteiger partial charge in [-0.1, -0.05) is 6.92 Å². The number of amides is 1. The Hall–Kier alpha value is -1.09. The number of aromatic nitrogens is 1. The van der Waals surface area contributed by atoms with Crippen LogP contribution in [0.1, 0.15) is 12.6 Å². The van der Waals surface area contributed by atoms with E-state index in [1.54, 1.807) is 13.1 Å². The van der Waals surface area contributed by atoms with E-state index in [1.807, 2.05) is 19.1 Å². The van der Waals surface area contributed by atoms with E-state index in [0.29, 0.717) is 11.6 Å². The van der Waals surface area contributed by atoms with Gasteiger partial charge >= 0.3 is 0 Å². The molecular weight excluding hydrogens is 200 g/mol. The van der Waals surface area contributed by atoms with Gasteiger partial charge in [0, 0.05) is 17.5 Å². The summed E-state index contributed by atoms with van der Waals surface area (Å²) < 4.78 is 0. The summed E-state index contributed by atoms with van der Waals surface area (Å²) in [6, 6.07) is 3.67. The molecule has 0 fully saturated rings. The number of halogens is 1. The minimum Gasteiger partial charge on any atom is -0.324 e. The molecule has 1 atom stereocenters. The van der Waals surface area contributed by atoms with Gasteiger partial charge in [0.2, 0.25) is 5.91 Å². The minimum atomic E-state index is -0.182. The molecule has 1 amide bonds. The monoisotopic (exact) mass is 212 g/mol. The molecule has 0 radical (unpaired) electrons. The number of rotatable bonds is 3. The summed E-state index contributed by atoms with van der Waals surface area (Å²) in [4.78, 5) is 15.5. The van der Waals surface area contributed by atoms with Crippen molar-refractivity contribution < 1.29 is 4.79 Å². The number of carbonyl (C=O) groups excluding carboxylic acids is 1.